The monoisotopic (exact) mass is 392 g/mol. The summed E-state index contributed by atoms with van der Waals surface area (Å²) in [6, 6.07) is 0. The van der Waals surface area contributed by atoms with E-state index >= 15 is 0 Å². The molecule has 0 aromatic heterocycles. The van der Waals surface area contributed by atoms with Crippen molar-refractivity contribution in [1.29, 1.82) is 0 Å². The molecule has 0 bridgehead atoms. The second-order valence-electron chi connectivity index (χ2n) is 8.42. The first kappa shape index (κ1) is 20.6. The fourth-order valence-electron chi connectivity index (χ4n) is 3.96. The van der Waals surface area contributed by atoms with Crippen LogP contribution in [-0.2, 0) is 33.3 Å². The van der Waals surface area contributed by atoms with Crippen LogP contribution < -0.4 is 0 Å². The first-order chi connectivity index (χ1) is 13.0. The van der Waals surface area contributed by atoms with Crippen molar-refractivity contribution in [3.63, 3.8) is 0 Å². The summed E-state index contributed by atoms with van der Waals surface area (Å²) in [7, 11) is 0. The topological polar surface area (TPSA) is 91.4 Å². The summed E-state index contributed by atoms with van der Waals surface area (Å²) in [6.45, 7) is 12.5. The highest BCUT2D eigenvalue weighted by Crippen LogP contribution is 2.48. The van der Waals surface area contributed by atoms with Gasteiger partial charge in [-0.15, -0.1) is 0 Å². The molecular formula is C21H28O7. The van der Waals surface area contributed by atoms with E-state index in [1.807, 2.05) is 13.8 Å². The van der Waals surface area contributed by atoms with E-state index in [9.17, 15) is 14.4 Å². The van der Waals surface area contributed by atoms with Crippen LogP contribution in [0.4, 0.5) is 0 Å². The molecule has 0 radical (unpaired) electrons. The Morgan fingerprint density at radius 3 is 2.61 bits per heavy atom. The van der Waals surface area contributed by atoms with Crippen LogP contribution >= 0.6 is 0 Å². The Balaban J connectivity index is 1.98. The quantitative estimate of drug-likeness (QED) is 0.240. The van der Waals surface area contributed by atoms with Crippen LogP contribution in [0.2, 0.25) is 0 Å². The first-order valence-corrected chi connectivity index (χ1v) is 9.65. The molecule has 3 rings (SSSR count). The highest BCUT2D eigenvalue weighted by molar-refractivity contribution is 5.91. The van der Waals surface area contributed by atoms with E-state index in [4.69, 9.17) is 18.9 Å². The van der Waals surface area contributed by atoms with Crippen molar-refractivity contribution >= 4 is 17.9 Å². The van der Waals surface area contributed by atoms with Crippen LogP contribution in [0.25, 0.3) is 0 Å². The number of hydrogen-bond donors (Lipinski definition) is 0. The molecule has 3 aliphatic rings. The number of esters is 3. The van der Waals surface area contributed by atoms with Gasteiger partial charge in [-0.05, 0) is 25.5 Å². The molecule has 0 aromatic rings. The Hall–Kier alpha value is -2.15. The average Bonchev–Trinajstić information content (AvgIpc) is 3.11. The molecule has 7 heteroatoms. The summed E-state index contributed by atoms with van der Waals surface area (Å²) in [5, 5.41) is 0. The van der Waals surface area contributed by atoms with Crippen LogP contribution in [0.3, 0.4) is 0 Å². The lowest BCUT2D eigenvalue weighted by molar-refractivity contribution is -0.157. The van der Waals surface area contributed by atoms with E-state index in [1.165, 1.54) is 6.92 Å². The van der Waals surface area contributed by atoms with Gasteiger partial charge in [0.2, 0.25) is 0 Å². The van der Waals surface area contributed by atoms with Gasteiger partial charge in [0.15, 0.2) is 0 Å². The molecule has 1 aliphatic carbocycles. The Kier molecular flexibility index (Phi) is 5.40. The van der Waals surface area contributed by atoms with Gasteiger partial charge in [0, 0.05) is 25.3 Å². The fourth-order valence-corrected chi connectivity index (χ4v) is 3.96. The van der Waals surface area contributed by atoms with Crippen molar-refractivity contribution in [2.75, 3.05) is 0 Å². The molecule has 0 saturated carbocycles. The largest absolute Gasteiger partial charge is 0.461 e. The molecule has 6 atom stereocenters. The van der Waals surface area contributed by atoms with Crippen LogP contribution in [0, 0.1) is 11.8 Å². The van der Waals surface area contributed by atoms with Crippen LogP contribution in [-0.4, -0.2) is 47.9 Å². The Morgan fingerprint density at radius 2 is 2.00 bits per heavy atom. The molecule has 0 unspecified atom stereocenters. The molecule has 0 spiro atoms. The zero-order valence-corrected chi connectivity index (χ0v) is 17.0. The van der Waals surface area contributed by atoms with Crippen molar-refractivity contribution < 1.29 is 33.3 Å². The highest BCUT2D eigenvalue weighted by Gasteiger charge is 2.58. The lowest BCUT2D eigenvalue weighted by atomic mass is 9.82. The predicted molar refractivity (Wildman–Crippen MR) is 99.1 cm³/mol. The summed E-state index contributed by atoms with van der Waals surface area (Å²) in [5.74, 6) is -2.04. The summed E-state index contributed by atoms with van der Waals surface area (Å²) in [5.41, 5.74) is 0.511. The number of epoxide rings is 1. The predicted octanol–water partition coefficient (Wildman–Crippen LogP) is 2.48. The average molecular weight is 392 g/mol. The van der Waals surface area contributed by atoms with E-state index in [0.717, 1.165) is 5.57 Å². The zero-order chi connectivity index (χ0) is 20.8. The standard InChI is InChI=1S/C21H28O7/c1-10(2)19(23)27-16-9-21(6)17(28-21)8-14(25-13(5)22)11(3)7-15-18(16)12(4)20(24)26-15/h7,10,14-18H,4,8-9H2,1-3,5-6H3/b11-7-/t14-,15+,16-,17+,18-,21+/m0/s1. The van der Waals surface area contributed by atoms with Crippen molar-refractivity contribution in [3.05, 3.63) is 23.8 Å². The minimum absolute atomic E-state index is 0.136. The molecule has 2 saturated heterocycles. The zero-order valence-electron chi connectivity index (χ0n) is 17.0. The van der Waals surface area contributed by atoms with E-state index in [-0.39, 0.29) is 29.5 Å². The van der Waals surface area contributed by atoms with E-state index in [1.54, 1.807) is 19.9 Å². The molecule has 2 heterocycles. The fraction of sp³-hybridized carbons (Fsp3) is 0.667. The Bertz CT molecular complexity index is 737. The highest BCUT2D eigenvalue weighted by atomic mass is 16.6. The lowest BCUT2D eigenvalue weighted by Crippen LogP contribution is -2.38. The van der Waals surface area contributed by atoms with Gasteiger partial charge in [-0.25, -0.2) is 4.79 Å². The number of carbonyl (C=O) groups is 3. The molecule has 0 aromatic carbocycles. The van der Waals surface area contributed by atoms with Gasteiger partial charge in [-0.2, -0.15) is 0 Å². The van der Waals surface area contributed by atoms with Gasteiger partial charge < -0.3 is 18.9 Å². The normalized spacial score (nSPS) is 39.2. The van der Waals surface area contributed by atoms with Gasteiger partial charge in [0.25, 0.3) is 0 Å². The number of rotatable bonds is 3. The third-order valence-corrected chi connectivity index (χ3v) is 5.71. The molecule has 0 N–H and O–H groups in total. The van der Waals surface area contributed by atoms with Gasteiger partial charge in [-0.3, -0.25) is 9.59 Å². The van der Waals surface area contributed by atoms with Crippen molar-refractivity contribution in [1.82, 2.24) is 0 Å². The summed E-state index contributed by atoms with van der Waals surface area (Å²) in [4.78, 5) is 36.1. The SMILES string of the molecule is C=C1C(=O)O[C@@H]2/C=C(/C)[C@@H](OC(C)=O)C[C@H]3O[C@]3(C)C[C@H](OC(=O)C(C)C)[C@@H]12. The lowest BCUT2D eigenvalue weighted by Gasteiger charge is -2.30. The van der Waals surface area contributed by atoms with Crippen molar-refractivity contribution in [3.8, 4) is 0 Å². The van der Waals surface area contributed by atoms with Crippen LogP contribution in [0.5, 0.6) is 0 Å². The van der Waals surface area contributed by atoms with Gasteiger partial charge in [0.05, 0.1) is 23.5 Å². The maximum absolute atomic E-state index is 12.3. The number of carbonyl (C=O) groups excluding carboxylic acids is 3. The minimum atomic E-state index is -0.637. The van der Waals surface area contributed by atoms with Crippen molar-refractivity contribution in [2.24, 2.45) is 11.8 Å². The second-order valence-corrected chi connectivity index (χ2v) is 8.42. The molecule has 0 amide bonds. The second kappa shape index (κ2) is 7.35. The molecular weight excluding hydrogens is 364 g/mol. The van der Waals surface area contributed by atoms with Crippen LogP contribution in [0.15, 0.2) is 23.8 Å². The smallest absolute Gasteiger partial charge is 0.334 e. The van der Waals surface area contributed by atoms with Gasteiger partial charge in [-0.1, -0.05) is 20.4 Å². The maximum atomic E-state index is 12.3. The first-order valence-electron chi connectivity index (χ1n) is 9.65. The molecule has 7 nitrogen and oxygen atoms in total. The number of fused-ring (bicyclic) bond motifs is 2. The van der Waals surface area contributed by atoms with Gasteiger partial charge >= 0.3 is 17.9 Å². The minimum Gasteiger partial charge on any atom is -0.461 e. The van der Waals surface area contributed by atoms with Crippen LogP contribution in [0.1, 0.15) is 47.5 Å². The molecule has 28 heavy (non-hydrogen) atoms. The Morgan fingerprint density at radius 1 is 1.32 bits per heavy atom. The number of hydrogen-bond acceptors (Lipinski definition) is 7. The summed E-state index contributed by atoms with van der Waals surface area (Å²) < 4.78 is 22.7. The molecule has 2 fully saturated rings. The van der Waals surface area contributed by atoms with E-state index in [2.05, 4.69) is 6.58 Å². The van der Waals surface area contributed by atoms with E-state index in [0.29, 0.717) is 12.8 Å². The third kappa shape index (κ3) is 3.99. The maximum Gasteiger partial charge on any atom is 0.334 e. The third-order valence-electron chi connectivity index (χ3n) is 5.71. The molecule has 154 valence electrons. The molecule has 2 aliphatic heterocycles. The summed E-state index contributed by atoms with van der Waals surface area (Å²) >= 11 is 0. The number of ether oxygens (including phenoxy) is 4. The van der Waals surface area contributed by atoms with Crippen molar-refractivity contribution in [2.45, 2.75) is 77.5 Å². The summed E-state index contributed by atoms with van der Waals surface area (Å²) in [6.07, 6.45) is 0.846. The van der Waals surface area contributed by atoms with E-state index < -0.39 is 35.8 Å². The Labute approximate surface area is 165 Å². The van der Waals surface area contributed by atoms with Gasteiger partial charge in [0.1, 0.15) is 18.3 Å².